The topological polar surface area (TPSA) is 44.8 Å². The van der Waals surface area contributed by atoms with Gasteiger partial charge in [0.25, 0.3) is 0 Å². The highest BCUT2D eigenvalue weighted by molar-refractivity contribution is 5.97. The van der Waals surface area contributed by atoms with E-state index in [1.54, 1.807) is 0 Å². The van der Waals surface area contributed by atoms with Crippen molar-refractivity contribution in [3.05, 3.63) is 54.1 Å². The van der Waals surface area contributed by atoms with Gasteiger partial charge in [-0.2, -0.15) is 0 Å². The lowest BCUT2D eigenvalue weighted by Gasteiger charge is -2.32. The van der Waals surface area contributed by atoms with Gasteiger partial charge < -0.3 is 19.9 Å². The third-order valence-corrected chi connectivity index (χ3v) is 5.10. The lowest BCUT2D eigenvalue weighted by Crippen LogP contribution is -2.39. The first-order valence-corrected chi connectivity index (χ1v) is 9.37. The van der Waals surface area contributed by atoms with E-state index < -0.39 is 0 Å². The van der Waals surface area contributed by atoms with Crippen LogP contribution in [-0.2, 0) is 16.0 Å². The Morgan fingerprint density at radius 1 is 0.962 bits per heavy atom. The highest BCUT2D eigenvalue weighted by Gasteiger charge is 2.22. The van der Waals surface area contributed by atoms with Crippen molar-refractivity contribution in [1.29, 1.82) is 0 Å². The molecule has 0 spiro atoms. The van der Waals surface area contributed by atoms with Gasteiger partial charge in [-0.05, 0) is 36.6 Å². The molecule has 26 heavy (non-hydrogen) atoms. The van der Waals surface area contributed by atoms with Crippen LogP contribution in [0.25, 0.3) is 0 Å². The average molecular weight is 351 g/mol. The van der Waals surface area contributed by atoms with Crippen LogP contribution in [-0.4, -0.2) is 45.3 Å². The molecule has 1 N–H and O–H groups in total. The molecule has 136 valence electrons. The smallest absolute Gasteiger partial charge is 0.246 e. The molecular formula is C21H25N3O2. The summed E-state index contributed by atoms with van der Waals surface area (Å²) in [5, 5.41) is 3.36. The monoisotopic (exact) mass is 351 g/mol. The molecule has 5 nitrogen and oxygen atoms in total. The number of amides is 1. The van der Waals surface area contributed by atoms with Crippen LogP contribution in [0.3, 0.4) is 0 Å². The minimum atomic E-state index is 0.119. The average Bonchev–Trinajstić information content (AvgIpc) is 2.72. The van der Waals surface area contributed by atoms with E-state index in [2.05, 4.69) is 22.3 Å². The maximum absolute atomic E-state index is 12.9. The number of hydrogen-bond acceptors (Lipinski definition) is 4. The molecule has 0 aromatic heterocycles. The fraction of sp³-hybridized carbons (Fsp3) is 0.381. The molecule has 0 radical (unpaired) electrons. The number of ether oxygens (including phenoxy) is 1. The van der Waals surface area contributed by atoms with Crippen molar-refractivity contribution in [3.63, 3.8) is 0 Å². The summed E-state index contributed by atoms with van der Waals surface area (Å²) in [6, 6.07) is 16.4. The van der Waals surface area contributed by atoms with E-state index in [1.165, 1.54) is 5.56 Å². The normalized spacial score (nSPS) is 16.9. The summed E-state index contributed by atoms with van der Waals surface area (Å²) in [6.07, 6.45) is 2.07. The number of carbonyl (C=O) groups is 1. The third kappa shape index (κ3) is 3.53. The van der Waals surface area contributed by atoms with Gasteiger partial charge in [0.1, 0.15) is 0 Å². The van der Waals surface area contributed by atoms with Gasteiger partial charge in [0, 0.05) is 25.3 Å². The first kappa shape index (κ1) is 16.9. The zero-order valence-corrected chi connectivity index (χ0v) is 15.0. The van der Waals surface area contributed by atoms with Crippen LogP contribution in [0, 0.1) is 0 Å². The fourth-order valence-electron chi connectivity index (χ4n) is 3.76. The molecule has 1 saturated heterocycles. The molecule has 5 heteroatoms. The largest absolute Gasteiger partial charge is 0.378 e. The fourth-order valence-corrected chi connectivity index (χ4v) is 3.76. The summed E-state index contributed by atoms with van der Waals surface area (Å²) in [7, 11) is 0. The summed E-state index contributed by atoms with van der Waals surface area (Å²) in [5.41, 5.74) is 4.48. The van der Waals surface area contributed by atoms with Gasteiger partial charge in [0.05, 0.1) is 31.1 Å². The predicted molar refractivity (Wildman–Crippen MR) is 105 cm³/mol. The maximum Gasteiger partial charge on any atom is 0.246 e. The molecule has 0 bridgehead atoms. The molecule has 2 aromatic rings. The van der Waals surface area contributed by atoms with E-state index in [-0.39, 0.29) is 5.91 Å². The Hall–Kier alpha value is -2.53. The molecule has 0 aliphatic carbocycles. The second-order valence-electron chi connectivity index (χ2n) is 6.75. The molecule has 0 unspecified atom stereocenters. The predicted octanol–water partition coefficient (Wildman–Crippen LogP) is 2.91. The maximum atomic E-state index is 12.9. The van der Waals surface area contributed by atoms with Gasteiger partial charge in [0.2, 0.25) is 5.91 Å². The van der Waals surface area contributed by atoms with Gasteiger partial charge in [0.15, 0.2) is 0 Å². The standard InChI is InChI=1S/C21H25N3O2/c25-21(24-11-5-7-17-6-1-3-9-19(17)24)16-22-18-8-2-4-10-20(18)23-12-14-26-15-13-23/h1-4,6,8-10,22H,5,7,11-16H2. The van der Waals surface area contributed by atoms with Crippen LogP contribution in [0.1, 0.15) is 12.0 Å². The molecule has 2 heterocycles. The molecule has 2 aliphatic heterocycles. The van der Waals surface area contributed by atoms with Crippen molar-refractivity contribution in [1.82, 2.24) is 0 Å². The van der Waals surface area contributed by atoms with Crippen LogP contribution in [0.15, 0.2) is 48.5 Å². The molecule has 1 amide bonds. The zero-order chi connectivity index (χ0) is 17.8. The van der Waals surface area contributed by atoms with Gasteiger partial charge in [-0.15, -0.1) is 0 Å². The Balaban J connectivity index is 1.46. The van der Waals surface area contributed by atoms with E-state index in [1.807, 2.05) is 41.3 Å². The highest BCUT2D eigenvalue weighted by Crippen LogP contribution is 2.28. The van der Waals surface area contributed by atoms with Crippen molar-refractivity contribution >= 4 is 23.0 Å². The molecule has 0 saturated carbocycles. The van der Waals surface area contributed by atoms with Gasteiger partial charge >= 0.3 is 0 Å². The summed E-state index contributed by atoms with van der Waals surface area (Å²) < 4.78 is 5.45. The van der Waals surface area contributed by atoms with Crippen molar-refractivity contribution < 1.29 is 9.53 Å². The molecule has 1 fully saturated rings. The lowest BCUT2D eigenvalue weighted by atomic mass is 10.0. The van der Waals surface area contributed by atoms with E-state index in [9.17, 15) is 4.79 Å². The van der Waals surface area contributed by atoms with Crippen LogP contribution in [0.5, 0.6) is 0 Å². The highest BCUT2D eigenvalue weighted by atomic mass is 16.5. The van der Waals surface area contributed by atoms with Crippen molar-refractivity contribution in [2.24, 2.45) is 0 Å². The number of anilines is 3. The van der Waals surface area contributed by atoms with Crippen molar-refractivity contribution in [2.45, 2.75) is 12.8 Å². The Labute approximate surface area is 154 Å². The Kier molecular flexibility index (Phi) is 5.07. The van der Waals surface area contributed by atoms with E-state index in [0.717, 1.165) is 62.8 Å². The Bertz CT molecular complexity index is 771. The van der Waals surface area contributed by atoms with Crippen molar-refractivity contribution in [3.8, 4) is 0 Å². The number of hydrogen-bond donors (Lipinski definition) is 1. The number of nitrogens with zero attached hydrogens (tertiary/aromatic N) is 2. The van der Waals surface area contributed by atoms with Gasteiger partial charge in [-0.1, -0.05) is 30.3 Å². The number of aryl methyl sites for hydroxylation is 1. The lowest BCUT2D eigenvalue weighted by molar-refractivity contribution is -0.117. The number of morpholine rings is 1. The third-order valence-electron chi connectivity index (χ3n) is 5.10. The Morgan fingerprint density at radius 3 is 2.54 bits per heavy atom. The number of benzene rings is 2. The molecular weight excluding hydrogens is 326 g/mol. The Morgan fingerprint density at radius 2 is 1.69 bits per heavy atom. The SMILES string of the molecule is O=C(CNc1ccccc1N1CCOCC1)N1CCCc2ccccc21. The minimum absolute atomic E-state index is 0.119. The van der Waals surface area contributed by atoms with E-state index in [4.69, 9.17) is 4.74 Å². The molecule has 4 rings (SSSR count). The number of nitrogens with one attached hydrogen (secondary N) is 1. The first-order chi connectivity index (χ1) is 12.8. The second kappa shape index (κ2) is 7.79. The summed E-state index contributed by atoms with van der Waals surface area (Å²) in [5.74, 6) is 0.119. The number of fused-ring (bicyclic) bond motifs is 1. The van der Waals surface area contributed by atoms with Crippen LogP contribution in [0.2, 0.25) is 0 Å². The quantitative estimate of drug-likeness (QED) is 0.920. The molecule has 2 aliphatic rings. The zero-order valence-electron chi connectivity index (χ0n) is 15.0. The second-order valence-corrected chi connectivity index (χ2v) is 6.75. The first-order valence-electron chi connectivity index (χ1n) is 9.37. The number of para-hydroxylation sites is 3. The van der Waals surface area contributed by atoms with Crippen molar-refractivity contribution in [2.75, 3.05) is 54.5 Å². The molecule has 0 atom stereocenters. The van der Waals surface area contributed by atoms with Crippen LogP contribution >= 0.6 is 0 Å². The van der Waals surface area contributed by atoms with Crippen LogP contribution in [0.4, 0.5) is 17.1 Å². The number of rotatable bonds is 4. The summed E-state index contributed by atoms with van der Waals surface area (Å²) >= 11 is 0. The van der Waals surface area contributed by atoms with E-state index >= 15 is 0 Å². The summed E-state index contributed by atoms with van der Waals surface area (Å²) in [4.78, 5) is 17.1. The number of carbonyl (C=O) groups excluding carboxylic acids is 1. The molecule has 2 aromatic carbocycles. The van der Waals surface area contributed by atoms with Gasteiger partial charge in [-0.3, -0.25) is 4.79 Å². The minimum Gasteiger partial charge on any atom is -0.378 e. The van der Waals surface area contributed by atoms with E-state index in [0.29, 0.717) is 6.54 Å². The van der Waals surface area contributed by atoms with Crippen LogP contribution < -0.4 is 15.1 Å². The summed E-state index contributed by atoms with van der Waals surface area (Å²) in [6.45, 7) is 4.35. The van der Waals surface area contributed by atoms with Gasteiger partial charge in [-0.25, -0.2) is 0 Å².